The van der Waals surface area contributed by atoms with E-state index < -0.39 is 0 Å². The summed E-state index contributed by atoms with van der Waals surface area (Å²) in [6.45, 7) is 2.01. The summed E-state index contributed by atoms with van der Waals surface area (Å²) in [6, 6.07) is 9.06. The van der Waals surface area contributed by atoms with Crippen LogP contribution < -0.4 is 14.2 Å². The zero-order valence-corrected chi connectivity index (χ0v) is 16.1. The fraction of sp³-hybridized carbons (Fsp3) is 0.500. The first-order valence-electron chi connectivity index (χ1n) is 8.83. The zero-order chi connectivity index (χ0) is 17.6. The van der Waals surface area contributed by atoms with Gasteiger partial charge in [-0.15, -0.1) is 11.3 Å². The first kappa shape index (κ1) is 18.1. The number of ether oxygens (including phenoxy) is 3. The molecule has 1 aromatic heterocycles. The Kier molecular flexibility index (Phi) is 6.21. The van der Waals surface area contributed by atoms with Crippen LogP contribution in [0.1, 0.15) is 42.2 Å². The molecule has 0 bridgehead atoms. The molecular formula is C20H27NO3S. The quantitative estimate of drug-likeness (QED) is 0.733. The molecule has 3 rings (SSSR count). The van der Waals surface area contributed by atoms with E-state index in [2.05, 4.69) is 34.5 Å². The van der Waals surface area contributed by atoms with Gasteiger partial charge >= 0.3 is 0 Å². The molecule has 1 fully saturated rings. The summed E-state index contributed by atoms with van der Waals surface area (Å²) in [5, 5.41) is 2.18. The van der Waals surface area contributed by atoms with E-state index in [0.717, 1.165) is 24.6 Å². The lowest BCUT2D eigenvalue weighted by Gasteiger charge is -2.29. The molecule has 1 atom stereocenters. The zero-order valence-electron chi connectivity index (χ0n) is 15.3. The van der Waals surface area contributed by atoms with Gasteiger partial charge in [-0.25, -0.2) is 0 Å². The van der Waals surface area contributed by atoms with Crippen molar-refractivity contribution in [2.24, 2.45) is 0 Å². The van der Waals surface area contributed by atoms with Crippen LogP contribution in [0.2, 0.25) is 0 Å². The van der Waals surface area contributed by atoms with Gasteiger partial charge in [0.25, 0.3) is 0 Å². The van der Waals surface area contributed by atoms with Gasteiger partial charge in [-0.05, 0) is 48.5 Å². The summed E-state index contributed by atoms with van der Waals surface area (Å²) in [5.41, 5.74) is 1.19. The second kappa shape index (κ2) is 8.59. The number of hydrogen-bond donors (Lipinski definition) is 0. The molecule has 0 unspecified atom stereocenters. The molecule has 1 aliphatic heterocycles. The summed E-state index contributed by atoms with van der Waals surface area (Å²) in [7, 11) is 4.98. The van der Waals surface area contributed by atoms with Gasteiger partial charge in [0.2, 0.25) is 5.75 Å². The number of likely N-dealkylation sites (tertiary alicyclic amines) is 1. The molecule has 0 radical (unpaired) electrons. The van der Waals surface area contributed by atoms with E-state index in [1.807, 2.05) is 11.3 Å². The Morgan fingerprint density at radius 2 is 1.80 bits per heavy atom. The van der Waals surface area contributed by atoms with Crippen molar-refractivity contribution in [2.75, 3.05) is 27.9 Å². The highest BCUT2D eigenvalue weighted by molar-refractivity contribution is 7.10. The smallest absolute Gasteiger partial charge is 0.203 e. The lowest BCUT2D eigenvalue weighted by atomic mass is 10.1. The van der Waals surface area contributed by atoms with E-state index in [0.29, 0.717) is 11.8 Å². The van der Waals surface area contributed by atoms with Crippen LogP contribution in [0.4, 0.5) is 0 Å². The molecule has 1 aromatic carbocycles. The van der Waals surface area contributed by atoms with E-state index in [9.17, 15) is 0 Å². The normalized spacial score (nSPS) is 18.6. The number of thiophene rings is 1. The third kappa shape index (κ3) is 4.10. The number of benzene rings is 1. The Hall–Kier alpha value is -1.72. The van der Waals surface area contributed by atoms with Gasteiger partial charge in [0.1, 0.15) is 0 Å². The summed E-state index contributed by atoms with van der Waals surface area (Å²) in [4.78, 5) is 4.06. The van der Waals surface area contributed by atoms with E-state index >= 15 is 0 Å². The first-order chi connectivity index (χ1) is 12.3. The van der Waals surface area contributed by atoms with Crippen LogP contribution in [0.3, 0.4) is 0 Å². The Balaban J connectivity index is 1.88. The number of nitrogens with zero attached hydrogens (tertiary/aromatic N) is 1. The molecule has 1 aliphatic rings. The van der Waals surface area contributed by atoms with Gasteiger partial charge < -0.3 is 14.2 Å². The molecule has 2 aromatic rings. The molecule has 1 saturated heterocycles. The number of rotatable bonds is 6. The fourth-order valence-corrected chi connectivity index (χ4v) is 4.52. The average molecular weight is 362 g/mol. The SMILES string of the molecule is COc1cc(CN2CCCCC[C@H]2c2cccs2)cc(OC)c1OC. The third-order valence-electron chi connectivity index (χ3n) is 4.85. The van der Waals surface area contributed by atoms with Gasteiger partial charge in [-0.1, -0.05) is 18.9 Å². The molecule has 2 heterocycles. The van der Waals surface area contributed by atoms with Crippen molar-refractivity contribution in [2.45, 2.75) is 38.3 Å². The average Bonchev–Trinajstić information content (AvgIpc) is 3.08. The molecular weight excluding hydrogens is 334 g/mol. The Morgan fingerprint density at radius 1 is 1.04 bits per heavy atom. The van der Waals surface area contributed by atoms with Crippen molar-refractivity contribution < 1.29 is 14.2 Å². The second-order valence-electron chi connectivity index (χ2n) is 6.38. The van der Waals surface area contributed by atoms with Crippen molar-refractivity contribution >= 4 is 11.3 Å². The van der Waals surface area contributed by atoms with E-state index in [1.54, 1.807) is 21.3 Å². The third-order valence-corrected chi connectivity index (χ3v) is 5.82. The predicted octanol–water partition coefficient (Wildman–Crippen LogP) is 4.89. The maximum Gasteiger partial charge on any atom is 0.203 e. The van der Waals surface area contributed by atoms with Crippen LogP contribution in [0.15, 0.2) is 29.6 Å². The van der Waals surface area contributed by atoms with Crippen molar-refractivity contribution in [3.8, 4) is 17.2 Å². The minimum absolute atomic E-state index is 0.501. The van der Waals surface area contributed by atoms with Gasteiger partial charge in [-0.3, -0.25) is 4.90 Å². The highest BCUT2D eigenvalue weighted by Crippen LogP contribution is 2.40. The molecule has 0 saturated carbocycles. The molecule has 25 heavy (non-hydrogen) atoms. The van der Waals surface area contributed by atoms with E-state index in [1.165, 1.54) is 36.1 Å². The van der Waals surface area contributed by atoms with Gasteiger partial charge in [-0.2, -0.15) is 0 Å². The van der Waals surface area contributed by atoms with Crippen LogP contribution in [-0.2, 0) is 6.54 Å². The largest absolute Gasteiger partial charge is 0.493 e. The van der Waals surface area contributed by atoms with Crippen LogP contribution in [0.5, 0.6) is 17.2 Å². The minimum atomic E-state index is 0.501. The van der Waals surface area contributed by atoms with Gasteiger partial charge in [0.05, 0.1) is 21.3 Å². The van der Waals surface area contributed by atoms with Crippen molar-refractivity contribution in [1.82, 2.24) is 4.90 Å². The first-order valence-corrected chi connectivity index (χ1v) is 9.71. The van der Waals surface area contributed by atoms with Gasteiger partial charge in [0.15, 0.2) is 11.5 Å². The molecule has 0 aliphatic carbocycles. The summed E-state index contributed by atoms with van der Waals surface area (Å²) in [6.07, 6.45) is 5.10. The molecule has 4 nitrogen and oxygen atoms in total. The maximum atomic E-state index is 5.51. The second-order valence-corrected chi connectivity index (χ2v) is 7.36. The summed E-state index contributed by atoms with van der Waals surface area (Å²) in [5.74, 6) is 2.10. The Labute approximate surface area is 154 Å². The maximum absolute atomic E-state index is 5.51. The van der Waals surface area contributed by atoms with Crippen molar-refractivity contribution in [3.05, 3.63) is 40.1 Å². The standard InChI is InChI=1S/C20H27NO3S/c1-22-17-12-15(13-18(23-2)20(17)24-3)14-21-10-6-4-5-8-16(21)19-9-7-11-25-19/h7,9,11-13,16H,4-6,8,10,14H2,1-3H3/t16-/m0/s1. The molecule has 0 N–H and O–H groups in total. The highest BCUT2D eigenvalue weighted by atomic mass is 32.1. The van der Waals surface area contributed by atoms with Crippen LogP contribution >= 0.6 is 11.3 Å². The van der Waals surface area contributed by atoms with Crippen LogP contribution in [-0.4, -0.2) is 32.8 Å². The highest BCUT2D eigenvalue weighted by Gasteiger charge is 2.24. The lowest BCUT2D eigenvalue weighted by Crippen LogP contribution is -2.27. The van der Waals surface area contributed by atoms with Crippen LogP contribution in [0.25, 0.3) is 0 Å². The number of hydrogen-bond acceptors (Lipinski definition) is 5. The molecule has 5 heteroatoms. The molecule has 0 spiro atoms. The molecule has 136 valence electrons. The van der Waals surface area contributed by atoms with E-state index in [-0.39, 0.29) is 0 Å². The van der Waals surface area contributed by atoms with Crippen molar-refractivity contribution in [1.29, 1.82) is 0 Å². The van der Waals surface area contributed by atoms with Crippen molar-refractivity contribution in [3.63, 3.8) is 0 Å². The minimum Gasteiger partial charge on any atom is -0.493 e. The number of methoxy groups -OCH3 is 3. The predicted molar refractivity (Wildman–Crippen MR) is 102 cm³/mol. The summed E-state index contributed by atoms with van der Waals surface area (Å²) < 4.78 is 16.5. The lowest BCUT2D eigenvalue weighted by molar-refractivity contribution is 0.194. The fourth-order valence-electron chi connectivity index (χ4n) is 3.62. The van der Waals surface area contributed by atoms with Gasteiger partial charge in [0, 0.05) is 17.5 Å². The summed E-state index contributed by atoms with van der Waals surface area (Å²) >= 11 is 1.86. The van der Waals surface area contributed by atoms with Crippen LogP contribution in [0, 0.1) is 0 Å². The Bertz CT molecular complexity index is 647. The Morgan fingerprint density at radius 3 is 2.40 bits per heavy atom. The molecule has 0 amide bonds. The monoisotopic (exact) mass is 361 g/mol. The van der Waals surface area contributed by atoms with E-state index in [4.69, 9.17) is 14.2 Å². The topological polar surface area (TPSA) is 30.9 Å².